The van der Waals surface area contributed by atoms with Crippen LogP contribution in [0.4, 0.5) is 4.39 Å². The van der Waals surface area contributed by atoms with E-state index in [1.807, 2.05) is 37.4 Å². The van der Waals surface area contributed by atoms with Gasteiger partial charge in [-0.25, -0.2) is 4.39 Å². The number of rotatable bonds is 7. The number of halogens is 1. The van der Waals surface area contributed by atoms with Gasteiger partial charge in [0.05, 0.1) is 52.0 Å². The van der Waals surface area contributed by atoms with E-state index in [1.165, 1.54) is 12.1 Å². The van der Waals surface area contributed by atoms with Gasteiger partial charge >= 0.3 is 0 Å². The molecule has 7 nitrogen and oxygen atoms in total. The normalized spacial score (nSPS) is 11.2. The summed E-state index contributed by atoms with van der Waals surface area (Å²) < 4.78 is 44.7. The molecule has 0 unspecified atom stereocenters. The van der Waals surface area contributed by atoms with Crippen LogP contribution in [0.5, 0.6) is 28.7 Å². The van der Waals surface area contributed by atoms with Gasteiger partial charge in [0.25, 0.3) is 0 Å². The Bertz CT molecular complexity index is 1990. The SMILES string of the molecule is COc1cc2cc3c4cc(-c5cc(-c6ccc(F)cc6)ccn5)c(OC)c(OC)c4cc[n+]3c(C)c2c(OC)c1OC. The van der Waals surface area contributed by atoms with Gasteiger partial charge in [0.15, 0.2) is 34.9 Å². The molecule has 0 fully saturated rings. The van der Waals surface area contributed by atoms with E-state index in [0.717, 1.165) is 49.4 Å². The van der Waals surface area contributed by atoms with Crippen molar-refractivity contribution in [3.8, 4) is 51.1 Å². The molecule has 3 aromatic carbocycles. The fourth-order valence-corrected chi connectivity index (χ4v) is 5.76. The minimum Gasteiger partial charge on any atom is -0.493 e. The molecule has 3 aromatic heterocycles. The van der Waals surface area contributed by atoms with Crippen LogP contribution in [0.3, 0.4) is 0 Å². The van der Waals surface area contributed by atoms with Gasteiger partial charge in [0.1, 0.15) is 5.82 Å². The van der Waals surface area contributed by atoms with Crippen LogP contribution in [0.2, 0.25) is 0 Å². The van der Waals surface area contributed by atoms with Crippen molar-refractivity contribution in [2.24, 2.45) is 0 Å². The number of aryl methyl sites for hydroxylation is 1. The monoisotopic (exact) mass is 565 g/mol. The van der Waals surface area contributed by atoms with Crippen LogP contribution in [0.15, 0.2) is 73.1 Å². The Morgan fingerprint density at radius 3 is 2.05 bits per heavy atom. The van der Waals surface area contributed by atoms with E-state index in [-0.39, 0.29) is 5.82 Å². The lowest BCUT2D eigenvalue weighted by atomic mass is 9.98. The van der Waals surface area contributed by atoms with Gasteiger partial charge in [-0.3, -0.25) is 4.98 Å². The molecule has 0 saturated heterocycles. The van der Waals surface area contributed by atoms with E-state index in [9.17, 15) is 4.39 Å². The molecule has 6 aromatic rings. The highest BCUT2D eigenvalue weighted by Crippen LogP contribution is 2.47. The zero-order chi connectivity index (χ0) is 29.5. The third-order valence-electron chi connectivity index (χ3n) is 7.70. The molecule has 0 bridgehead atoms. The molecule has 42 heavy (non-hydrogen) atoms. The number of hydrogen-bond acceptors (Lipinski definition) is 6. The topological polar surface area (TPSA) is 63.1 Å². The molecule has 6 rings (SSSR count). The molecule has 0 atom stereocenters. The lowest BCUT2D eigenvalue weighted by Crippen LogP contribution is -2.26. The molecule has 0 radical (unpaired) electrons. The number of fused-ring (bicyclic) bond motifs is 4. The van der Waals surface area contributed by atoms with E-state index in [1.54, 1.807) is 53.9 Å². The summed E-state index contributed by atoms with van der Waals surface area (Å²) in [6.45, 7) is 2.05. The molecular formula is C34H30FN2O5+. The van der Waals surface area contributed by atoms with Gasteiger partial charge in [0, 0.05) is 41.6 Å². The van der Waals surface area contributed by atoms with Crippen molar-refractivity contribution in [1.82, 2.24) is 4.98 Å². The van der Waals surface area contributed by atoms with E-state index < -0.39 is 0 Å². The Kier molecular flexibility index (Phi) is 6.90. The molecule has 0 aliphatic carbocycles. The Morgan fingerprint density at radius 2 is 1.38 bits per heavy atom. The zero-order valence-electron chi connectivity index (χ0n) is 24.2. The summed E-state index contributed by atoms with van der Waals surface area (Å²) in [7, 11) is 8.09. The van der Waals surface area contributed by atoms with Crippen LogP contribution in [0.25, 0.3) is 49.4 Å². The predicted octanol–water partition coefficient (Wildman–Crippen LogP) is 6.95. The number of benzene rings is 3. The van der Waals surface area contributed by atoms with Crippen LogP contribution >= 0.6 is 0 Å². The van der Waals surface area contributed by atoms with Crippen molar-refractivity contribution in [1.29, 1.82) is 0 Å². The van der Waals surface area contributed by atoms with Crippen molar-refractivity contribution >= 4 is 27.1 Å². The lowest BCUT2D eigenvalue weighted by molar-refractivity contribution is -0.516. The Morgan fingerprint density at radius 1 is 0.667 bits per heavy atom. The zero-order valence-corrected chi connectivity index (χ0v) is 24.2. The molecule has 0 aliphatic heterocycles. The van der Waals surface area contributed by atoms with Crippen LogP contribution in [0, 0.1) is 12.7 Å². The quantitative estimate of drug-likeness (QED) is 0.119. The number of aromatic nitrogens is 2. The molecule has 0 aliphatic rings. The highest BCUT2D eigenvalue weighted by atomic mass is 19.1. The fraction of sp³-hybridized carbons (Fsp3) is 0.176. The van der Waals surface area contributed by atoms with Crippen molar-refractivity contribution in [3.63, 3.8) is 0 Å². The van der Waals surface area contributed by atoms with E-state index in [2.05, 4.69) is 16.5 Å². The average Bonchev–Trinajstić information content (AvgIpc) is 3.03. The molecule has 0 spiro atoms. The summed E-state index contributed by atoms with van der Waals surface area (Å²) in [5.74, 6) is 2.61. The van der Waals surface area contributed by atoms with Crippen molar-refractivity contribution in [2.75, 3.05) is 35.5 Å². The standard InChI is InChI=1S/C34H30FN2O5/c1-19-30-22(17-29(38-2)33(41-5)34(30)42-6)16-28-25-18-26(32(40-4)31(39-3)24(25)12-14-37(19)28)27-15-21(11-13-36-27)20-7-9-23(35)10-8-20/h7-18H,1-6H3/q+1. The maximum atomic E-state index is 13.6. The largest absolute Gasteiger partial charge is 0.493 e. The minimum absolute atomic E-state index is 0.283. The summed E-state index contributed by atoms with van der Waals surface area (Å²) in [4.78, 5) is 4.69. The Balaban J connectivity index is 1.68. The van der Waals surface area contributed by atoms with Gasteiger partial charge < -0.3 is 23.7 Å². The van der Waals surface area contributed by atoms with Crippen LogP contribution in [-0.4, -0.2) is 40.5 Å². The molecule has 3 heterocycles. The highest BCUT2D eigenvalue weighted by Gasteiger charge is 2.26. The molecule has 0 amide bonds. The van der Waals surface area contributed by atoms with Crippen LogP contribution in [0.1, 0.15) is 5.69 Å². The first-order valence-electron chi connectivity index (χ1n) is 13.3. The van der Waals surface area contributed by atoms with Gasteiger partial charge in [-0.1, -0.05) is 12.1 Å². The predicted molar refractivity (Wildman–Crippen MR) is 161 cm³/mol. The second-order valence-corrected chi connectivity index (χ2v) is 9.80. The number of nitrogens with zero attached hydrogens (tertiary/aromatic N) is 2. The highest BCUT2D eigenvalue weighted by molar-refractivity contribution is 6.06. The van der Waals surface area contributed by atoms with Crippen molar-refractivity contribution in [3.05, 3.63) is 84.6 Å². The maximum Gasteiger partial charge on any atom is 0.219 e. The number of hydrogen-bond donors (Lipinski definition) is 0. The first-order valence-corrected chi connectivity index (χ1v) is 13.3. The molecule has 0 N–H and O–H groups in total. The molecular weight excluding hydrogens is 535 g/mol. The average molecular weight is 566 g/mol. The first kappa shape index (κ1) is 27.1. The number of methoxy groups -OCH3 is 5. The van der Waals surface area contributed by atoms with Gasteiger partial charge in [-0.15, -0.1) is 0 Å². The second-order valence-electron chi connectivity index (χ2n) is 9.80. The van der Waals surface area contributed by atoms with Gasteiger partial charge in [0.2, 0.25) is 11.3 Å². The lowest BCUT2D eigenvalue weighted by Gasteiger charge is -2.17. The van der Waals surface area contributed by atoms with E-state index in [0.29, 0.717) is 34.4 Å². The third-order valence-corrected chi connectivity index (χ3v) is 7.70. The van der Waals surface area contributed by atoms with Crippen LogP contribution < -0.4 is 28.1 Å². The summed E-state index contributed by atoms with van der Waals surface area (Å²) >= 11 is 0. The van der Waals surface area contributed by atoms with Crippen molar-refractivity contribution < 1.29 is 32.5 Å². The third kappa shape index (κ3) is 4.18. The van der Waals surface area contributed by atoms with Gasteiger partial charge in [-0.05, 0) is 47.5 Å². The fourth-order valence-electron chi connectivity index (χ4n) is 5.76. The molecule has 8 heteroatoms. The summed E-state index contributed by atoms with van der Waals surface area (Å²) in [6, 6.07) is 18.4. The summed E-state index contributed by atoms with van der Waals surface area (Å²) in [5.41, 5.74) is 5.17. The molecule has 212 valence electrons. The van der Waals surface area contributed by atoms with Crippen molar-refractivity contribution in [2.45, 2.75) is 6.92 Å². The molecule has 0 saturated carbocycles. The van der Waals surface area contributed by atoms with E-state index in [4.69, 9.17) is 28.7 Å². The Hall–Kier alpha value is -5.11. The first-order chi connectivity index (χ1) is 20.4. The second kappa shape index (κ2) is 10.7. The number of ether oxygens (including phenoxy) is 5. The number of pyridine rings is 3. The maximum absolute atomic E-state index is 13.6. The summed E-state index contributed by atoms with van der Waals surface area (Å²) in [6.07, 6.45) is 3.75. The Labute approximate surface area is 242 Å². The van der Waals surface area contributed by atoms with E-state index >= 15 is 0 Å². The minimum atomic E-state index is -0.283. The van der Waals surface area contributed by atoms with Gasteiger partial charge in [-0.2, -0.15) is 4.40 Å². The smallest absolute Gasteiger partial charge is 0.219 e. The van der Waals surface area contributed by atoms with Crippen LogP contribution in [-0.2, 0) is 0 Å². The summed E-state index contributed by atoms with van der Waals surface area (Å²) in [5, 5.41) is 3.68.